The summed E-state index contributed by atoms with van der Waals surface area (Å²) in [6.45, 7) is 5.68. The highest BCUT2D eigenvalue weighted by molar-refractivity contribution is 7.99. The number of pyridine rings is 1. The van der Waals surface area contributed by atoms with Crippen LogP contribution in [0.4, 0.5) is 5.69 Å². The van der Waals surface area contributed by atoms with Crippen LogP contribution in [0.5, 0.6) is 0 Å². The van der Waals surface area contributed by atoms with Gasteiger partial charge in [-0.15, -0.1) is 0 Å². The first kappa shape index (κ1) is 20.8. The molecule has 0 saturated heterocycles. The fourth-order valence-corrected chi connectivity index (χ4v) is 4.11. The molecule has 0 saturated carbocycles. The standard InChI is InChI=1S/C22H22N6O2S/c1-13-9-10-23-18(11-13)28-21(30)16-7-5-6-8-17(16)24-22(28)31-12-19(29)25-20-14(2)26-27(4)15(20)3/h5-11H,12H2,1-4H3,(H,25,29). The van der Waals surface area contributed by atoms with Crippen LogP contribution in [0.25, 0.3) is 16.7 Å². The summed E-state index contributed by atoms with van der Waals surface area (Å²) in [6, 6.07) is 10.9. The highest BCUT2D eigenvalue weighted by Crippen LogP contribution is 2.23. The Labute approximate surface area is 183 Å². The molecule has 9 heteroatoms. The molecule has 0 unspecified atom stereocenters. The molecule has 0 spiro atoms. The number of hydrogen-bond donors (Lipinski definition) is 1. The van der Waals surface area contributed by atoms with Gasteiger partial charge in [-0.25, -0.2) is 14.5 Å². The minimum atomic E-state index is -0.217. The Morgan fingerprint density at radius 2 is 1.94 bits per heavy atom. The third-order valence-corrected chi connectivity index (χ3v) is 5.92. The van der Waals surface area contributed by atoms with Gasteiger partial charge in [0.25, 0.3) is 5.56 Å². The smallest absolute Gasteiger partial charge is 0.267 e. The second-order valence-corrected chi connectivity index (χ2v) is 8.19. The number of amides is 1. The summed E-state index contributed by atoms with van der Waals surface area (Å²) in [5, 5.41) is 8.15. The topological polar surface area (TPSA) is 94.7 Å². The predicted molar refractivity (Wildman–Crippen MR) is 122 cm³/mol. The Morgan fingerprint density at radius 1 is 1.16 bits per heavy atom. The summed E-state index contributed by atoms with van der Waals surface area (Å²) in [5.41, 5.74) is 3.67. The fourth-order valence-electron chi connectivity index (χ4n) is 3.31. The minimum Gasteiger partial charge on any atom is -0.322 e. The van der Waals surface area contributed by atoms with Crippen LogP contribution in [0, 0.1) is 20.8 Å². The van der Waals surface area contributed by atoms with Gasteiger partial charge in [0.05, 0.1) is 33.7 Å². The second-order valence-electron chi connectivity index (χ2n) is 7.25. The van der Waals surface area contributed by atoms with Crippen molar-refractivity contribution in [3.05, 3.63) is 69.9 Å². The number of nitrogens with one attached hydrogen (secondary N) is 1. The van der Waals surface area contributed by atoms with E-state index in [0.717, 1.165) is 17.0 Å². The predicted octanol–water partition coefficient (Wildman–Crippen LogP) is 3.17. The maximum atomic E-state index is 13.2. The summed E-state index contributed by atoms with van der Waals surface area (Å²) < 4.78 is 3.19. The third-order valence-electron chi connectivity index (χ3n) is 4.98. The van der Waals surface area contributed by atoms with E-state index in [0.29, 0.717) is 27.6 Å². The maximum absolute atomic E-state index is 13.2. The summed E-state index contributed by atoms with van der Waals surface area (Å²) in [4.78, 5) is 34.9. The fraction of sp³-hybridized carbons (Fsp3) is 0.227. The molecule has 0 fully saturated rings. The molecule has 1 aromatic carbocycles. The first-order valence-electron chi connectivity index (χ1n) is 9.73. The molecule has 0 aliphatic heterocycles. The first-order valence-corrected chi connectivity index (χ1v) is 10.7. The Bertz CT molecular complexity index is 1360. The van der Waals surface area contributed by atoms with E-state index in [9.17, 15) is 9.59 Å². The van der Waals surface area contributed by atoms with Crippen LogP contribution in [-0.4, -0.2) is 36.0 Å². The van der Waals surface area contributed by atoms with Gasteiger partial charge in [0.1, 0.15) is 5.82 Å². The monoisotopic (exact) mass is 434 g/mol. The van der Waals surface area contributed by atoms with E-state index in [4.69, 9.17) is 0 Å². The molecule has 8 nitrogen and oxygen atoms in total. The molecule has 0 aliphatic rings. The average Bonchev–Trinajstić information content (AvgIpc) is 2.98. The molecule has 0 atom stereocenters. The second kappa shape index (κ2) is 8.35. The lowest BCUT2D eigenvalue weighted by Crippen LogP contribution is -2.23. The summed E-state index contributed by atoms with van der Waals surface area (Å²) in [7, 11) is 1.83. The van der Waals surface area contributed by atoms with Crippen LogP contribution in [0.15, 0.2) is 52.5 Å². The largest absolute Gasteiger partial charge is 0.322 e. The van der Waals surface area contributed by atoms with Crippen molar-refractivity contribution in [3.8, 4) is 5.82 Å². The molecule has 1 amide bonds. The van der Waals surface area contributed by atoms with Crippen molar-refractivity contribution >= 4 is 34.3 Å². The van der Waals surface area contributed by atoms with Crippen LogP contribution < -0.4 is 10.9 Å². The quantitative estimate of drug-likeness (QED) is 0.383. The molecule has 3 heterocycles. The zero-order valence-corrected chi connectivity index (χ0v) is 18.5. The molecular weight excluding hydrogens is 412 g/mol. The van der Waals surface area contributed by atoms with E-state index in [1.54, 1.807) is 29.1 Å². The number of nitrogens with zero attached hydrogens (tertiary/aromatic N) is 5. The SMILES string of the molecule is Cc1ccnc(-n2c(SCC(=O)Nc3c(C)nn(C)c3C)nc3ccccc3c2=O)c1. The van der Waals surface area contributed by atoms with Crippen LogP contribution >= 0.6 is 11.8 Å². The number of carbonyl (C=O) groups is 1. The van der Waals surface area contributed by atoms with Gasteiger partial charge in [-0.3, -0.25) is 14.3 Å². The van der Waals surface area contributed by atoms with E-state index >= 15 is 0 Å². The van der Waals surface area contributed by atoms with Crippen molar-refractivity contribution in [3.63, 3.8) is 0 Å². The number of carbonyl (C=O) groups excluding carboxylic acids is 1. The van der Waals surface area contributed by atoms with Crippen LogP contribution in [0.3, 0.4) is 0 Å². The molecule has 4 aromatic rings. The normalized spacial score (nSPS) is 11.1. The van der Waals surface area contributed by atoms with E-state index in [2.05, 4.69) is 20.4 Å². The van der Waals surface area contributed by atoms with Crippen LogP contribution in [-0.2, 0) is 11.8 Å². The van der Waals surface area contributed by atoms with E-state index in [1.165, 1.54) is 16.3 Å². The van der Waals surface area contributed by atoms with Gasteiger partial charge in [-0.05, 0) is 50.6 Å². The van der Waals surface area contributed by atoms with E-state index in [-0.39, 0.29) is 17.2 Å². The van der Waals surface area contributed by atoms with Gasteiger partial charge in [0, 0.05) is 13.2 Å². The zero-order valence-electron chi connectivity index (χ0n) is 17.7. The number of anilines is 1. The lowest BCUT2D eigenvalue weighted by Gasteiger charge is -2.13. The minimum absolute atomic E-state index is 0.0877. The highest BCUT2D eigenvalue weighted by atomic mass is 32.2. The van der Waals surface area contributed by atoms with E-state index in [1.807, 2.05) is 46.0 Å². The number of rotatable bonds is 5. The van der Waals surface area contributed by atoms with Crippen LogP contribution in [0.2, 0.25) is 0 Å². The Morgan fingerprint density at radius 3 is 2.65 bits per heavy atom. The number of aromatic nitrogens is 5. The van der Waals surface area contributed by atoms with Crippen molar-refractivity contribution in [2.45, 2.75) is 25.9 Å². The average molecular weight is 435 g/mol. The maximum Gasteiger partial charge on any atom is 0.267 e. The number of thioether (sulfide) groups is 1. The molecule has 4 rings (SSSR count). The Balaban J connectivity index is 1.69. The molecule has 1 N–H and O–H groups in total. The molecule has 158 valence electrons. The number of hydrogen-bond acceptors (Lipinski definition) is 6. The van der Waals surface area contributed by atoms with E-state index < -0.39 is 0 Å². The van der Waals surface area contributed by atoms with Gasteiger partial charge in [-0.1, -0.05) is 23.9 Å². The number of fused-ring (bicyclic) bond motifs is 1. The molecule has 0 aliphatic carbocycles. The van der Waals surface area contributed by atoms with Gasteiger partial charge in [0.15, 0.2) is 5.16 Å². The number of para-hydroxylation sites is 1. The number of benzene rings is 1. The molecule has 31 heavy (non-hydrogen) atoms. The first-order chi connectivity index (χ1) is 14.8. The van der Waals surface area contributed by atoms with Crippen molar-refractivity contribution < 1.29 is 4.79 Å². The summed E-state index contributed by atoms with van der Waals surface area (Å²) in [6.07, 6.45) is 1.65. The molecule has 0 bridgehead atoms. The summed E-state index contributed by atoms with van der Waals surface area (Å²) >= 11 is 1.20. The lowest BCUT2D eigenvalue weighted by molar-refractivity contribution is -0.113. The van der Waals surface area contributed by atoms with Crippen LogP contribution in [0.1, 0.15) is 17.0 Å². The van der Waals surface area contributed by atoms with Crippen molar-refractivity contribution in [2.75, 3.05) is 11.1 Å². The Kier molecular flexibility index (Phi) is 5.60. The molecule has 3 aromatic heterocycles. The van der Waals surface area contributed by atoms with Crippen molar-refractivity contribution in [1.29, 1.82) is 0 Å². The highest BCUT2D eigenvalue weighted by Gasteiger charge is 2.17. The van der Waals surface area contributed by atoms with Gasteiger partial charge < -0.3 is 5.32 Å². The summed E-state index contributed by atoms with van der Waals surface area (Å²) in [5.74, 6) is 0.366. The van der Waals surface area contributed by atoms with Crippen molar-refractivity contribution in [2.24, 2.45) is 7.05 Å². The van der Waals surface area contributed by atoms with Gasteiger partial charge in [0.2, 0.25) is 5.91 Å². The van der Waals surface area contributed by atoms with Crippen molar-refractivity contribution in [1.82, 2.24) is 24.3 Å². The lowest BCUT2D eigenvalue weighted by atomic mass is 10.2. The third kappa shape index (κ3) is 4.09. The zero-order chi connectivity index (χ0) is 22.1. The number of aryl methyl sites for hydroxylation is 3. The molecule has 0 radical (unpaired) electrons. The van der Waals surface area contributed by atoms with Gasteiger partial charge in [-0.2, -0.15) is 5.10 Å². The van der Waals surface area contributed by atoms with Gasteiger partial charge >= 0.3 is 0 Å². The molecular formula is C22H22N6O2S. The Hall–Kier alpha value is -3.46.